The molecule has 1 saturated heterocycles. The molecule has 1 heterocycles. The first-order chi connectivity index (χ1) is 8.69. The molecule has 1 aromatic rings. The second-order valence-electron chi connectivity index (χ2n) is 4.81. The first-order valence-electron chi connectivity index (χ1n) is 6.36. The normalized spacial score (nSPS) is 20.6. The van der Waals surface area contributed by atoms with Gasteiger partial charge in [-0.2, -0.15) is 0 Å². The van der Waals surface area contributed by atoms with Gasteiger partial charge in [0, 0.05) is 26.2 Å². The first-order valence-corrected chi connectivity index (χ1v) is 6.36. The third-order valence-electron chi connectivity index (χ3n) is 3.41. The Bertz CT molecular complexity index is 450. The number of piperazine rings is 1. The lowest BCUT2D eigenvalue weighted by Crippen LogP contribution is -2.50. The molecule has 0 aliphatic carbocycles. The summed E-state index contributed by atoms with van der Waals surface area (Å²) < 4.78 is 13.4. The van der Waals surface area contributed by atoms with Crippen LogP contribution in [0.4, 0.5) is 4.39 Å². The summed E-state index contributed by atoms with van der Waals surface area (Å²) in [6.07, 6.45) is 6.29. The molecule has 0 unspecified atom stereocenters. The lowest BCUT2D eigenvalue weighted by atomic mass is 10.1. The number of benzene rings is 1. The minimum Gasteiger partial charge on any atom is -0.301 e. The van der Waals surface area contributed by atoms with E-state index < -0.39 is 0 Å². The Balaban J connectivity index is 1.87. The highest BCUT2D eigenvalue weighted by molar-refractivity contribution is 5.23. The molecule has 1 aromatic carbocycles. The lowest BCUT2D eigenvalue weighted by Gasteiger charge is -2.31. The summed E-state index contributed by atoms with van der Waals surface area (Å²) in [4.78, 5) is 2.33. The molecular weight excluding hydrogens is 227 g/mol. The van der Waals surface area contributed by atoms with E-state index in [9.17, 15) is 4.39 Å². The second-order valence-corrected chi connectivity index (χ2v) is 4.81. The van der Waals surface area contributed by atoms with Crippen molar-refractivity contribution < 1.29 is 4.39 Å². The Morgan fingerprint density at radius 3 is 3.11 bits per heavy atom. The third kappa shape index (κ3) is 3.32. The molecule has 18 heavy (non-hydrogen) atoms. The van der Waals surface area contributed by atoms with Gasteiger partial charge in [0.05, 0.1) is 6.04 Å². The fourth-order valence-corrected chi connectivity index (χ4v) is 2.20. The number of hydrogen-bond donors (Lipinski definition) is 1. The highest BCUT2D eigenvalue weighted by Gasteiger charge is 2.16. The minimum atomic E-state index is -0.116. The van der Waals surface area contributed by atoms with Crippen molar-refractivity contribution in [3.05, 3.63) is 35.1 Å². The van der Waals surface area contributed by atoms with Gasteiger partial charge in [-0.3, -0.25) is 4.90 Å². The molecular formula is C15H19FN2. The number of hydrogen-bond acceptors (Lipinski definition) is 2. The molecule has 3 heteroatoms. The predicted octanol–water partition coefficient (Wildman–Crippen LogP) is 1.58. The van der Waals surface area contributed by atoms with Gasteiger partial charge in [0.1, 0.15) is 5.82 Å². The fraction of sp³-hybridized carbons (Fsp3) is 0.467. The van der Waals surface area contributed by atoms with Crippen LogP contribution in [0.3, 0.4) is 0 Å². The Morgan fingerprint density at radius 2 is 2.39 bits per heavy atom. The van der Waals surface area contributed by atoms with E-state index in [-0.39, 0.29) is 11.9 Å². The van der Waals surface area contributed by atoms with Crippen molar-refractivity contribution in [1.29, 1.82) is 0 Å². The third-order valence-corrected chi connectivity index (χ3v) is 3.41. The van der Waals surface area contributed by atoms with Crippen LogP contribution in [0.1, 0.15) is 11.1 Å². The predicted molar refractivity (Wildman–Crippen MR) is 71.9 cm³/mol. The fourth-order valence-electron chi connectivity index (χ4n) is 2.20. The van der Waals surface area contributed by atoms with Gasteiger partial charge in [-0.15, -0.1) is 6.42 Å². The van der Waals surface area contributed by atoms with E-state index in [1.807, 2.05) is 12.1 Å². The highest BCUT2D eigenvalue weighted by atomic mass is 19.1. The number of rotatable bonds is 3. The van der Waals surface area contributed by atoms with Gasteiger partial charge in [0.25, 0.3) is 0 Å². The van der Waals surface area contributed by atoms with Crippen molar-refractivity contribution in [3.63, 3.8) is 0 Å². The average molecular weight is 246 g/mol. The van der Waals surface area contributed by atoms with E-state index >= 15 is 0 Å². The maximum atomic E-state index is 13.4. The molecule has 2 rings (SSSR count). The Kier molecular flexibility index (Phi) is 4.35. The van der Waals surface area contributed by atoms with E-state index in [2.05, 4.69) is 16.1 Å². The van der Waals surface area contributed by atoms with Gasteiger partial charge in [0.15, 0.2) is 0 Å². The zero-order valence-electron chi connectivity index (χ0n) is 10.7. The Labute approximate surface area is 108 Å². The van der Waals surface area contributed by atoms with Crippen LogP contribution in [-0.2, 0) is 6.42 Å². The number of halogens is 1. The molecule has 96 valence electrons. The second kappa shape index (κ2) is 5.99. The molecule has 1 aliphatic rings. The van der Waals surface area contributed by atoms with Crippen LogP contribution in [0.2, 0.25) is 0 Å². The average Bonchev–Trinajstić information content (AvgIpc) is 2.40. The summed E-state index contributed by atoms with van der Waals surface area (Å²) in [7, 11) is 0. The largest absolute Gasteiger partial charge is 0.301 e. The molecule has 0 amide bonds. The van der Waals surface area contributed by atoms with E-state index in [0.29, 0.717) is 5.56 Å². The maximum absolute atomic E-state index is 13.4. The van der Waals surface area contributed by atoms with Crippen molar-refractivity contribution in [2.45, 2.75) is 19.4 Å². The molecule has 1 fully saturated rings. The zero-order chi connectivity index (χ0) is 13.0. The maximum Gasteiger partial charge on any atom is 0.126 e. The summed E-state index contributed by atoms with van der Waals surface area (Å²) >= 11 is 0. The SMILES string of the molecule is C#C[C@@H]1CN(CCc2ccc(C)c(F)c2)CCN1. The quantitative estimate of drug-likeness (QED) is 0.815. The molecule has 0 saturated carbocycles. The molecule has 1 N–H and O–H groups in total. The zero-order valence-corrected chi connectivity index (χ0v) is 10.7. The van der Waals surface area contributed by atoms with Crippen molar-refractivity contribution in [2.24, 2.45) is 0 Å². The molecule has 0 aromatic heterocycles. The van der Waals surface area contributed by atoms with Crippen LogP contribution in [0.5, 0.6) is 0 Å². The van der Waals surface area contributed by atoms with Crippen molar-refractivity contribution in [2.75, 3.05) is 26.2 Å². The summed E-state index contributed by atoms with van der Waals surface area (Å²) in [5, 5.41) is 3.28. The molecule has 1 aliphatic heterocycles. The van der Waals surface area contributed by atoms with E-state index in [1.165, 1.54) is 0 Å². The molecule has 0 radical (unpaired) electrons. The van der Waals surface area contributed by atoms with E-state index in [0.717, 1.165) is 38.2 Å². The summed E-state index contributed by atoms with van der Waals surface area (Å²) in [6.45, 7) is 5.53. The van der Waals surface area contributed by atoms with Gasteiger partial charge in [-0.25, -0.2) is 4.39 Å². The van der Waals surface area contributed by atoms with Gasteiger partial charge >= 0.3 is 0 Å². The van der Waals surface area contributed by atoms with Gasteiger partial charge in [-0.1, -0.05) is 18.1 Å². The number of nitrogens with zero attached hydrogens (tertiary/aromatic N) is 1. The highest BCUT2D eigenvalue weighted by Crippen LogP contribution is 2.10. The van der Waals surface area contributed by atoms with Gasteiger partial charge in [-0.05, 0) is 30.5 Å². The standard InChI is InChI=1S/C15H19FN2/c1-3-14-11-18(9-7-17-14)8-6-13-5-4-12(2)15(16)10-13/h1,4-5,10,14,17H,6-9,11H2,2H3/t14-/m1/s1. The minimum absolute atomic E-state index is 0.116. The Morgan fingerprint density at radius 1 is 1.56 bits per heavy atom. The van der Waals surface area contributed by atoms with Crippen LogP contribution >= 0.6 is 0 Å². The van der Waals surface area contributed by atoms with Crippen LogP contribution in [0.25, 0.3) is 0 Å². The number of terminal acetylenes is 1. The van der Waals surface area contributed by atoms with Crippen molar-refractivity contribution in [3.8, 4) is 12.3 Å². The van der Waals surface area contributed by atoms with Crippen LogP contribution < -0.4 is 5.32 Å². The first kappa shape index (κ1) is 13.1. The Hall–Kier alpha value is -1.37. The molecule has 0 spiro atoms. The summed E-state index contributed by atoms with van der Waals surface area (Å²) in [6, 6.07) is 5.62. The van der Waals surface area contributed by atoms with E-state index in [4.69, 9.17) is 6.42 Å². The summed E-state index contributed by atoms with van der Waals surface area (Å²) in [5.41, 5.74) is 1.75. The van der Waals surface area contributed by atoms with Gasteiger partial charge < -0.3 is 5.32 Å². The van der Waals surface area contributed by atoms with Crippen molar-refractivity contribution in [1.82, 2.24) is 10.2 Å². The van der Waals surface area contributed by atoms with Gasteiger partial charge in [0.2, 0.25) is 0 Å². The van der Waals surface area contributed by atoms with Crippen molar-refractivity contribution >= 4 is 0 Å². The van der Waals surface area contributed by atoms with Crippen LogP contribution in [0, 0.1) is 25.1 Å². The van der Waals surface area contributed by atoms with Crippen LogP contribution in [0.15, 0.2) is 18.2 Å². The molecule has 2 nitrogen and oxygen atoms in total. The topological polar surface area (TPSA) is 15.3 Å². The lowest BCUT2D eigenvalue weighted by molar-refractivity contribution is 0.223. The number of aryl methyl sites for hydroxylation is 1. The summed E-state index contributed by atoms with van der Waals surface area (Å²) in [5.74, 6) is 2.62. The molecule has 1 atom stereocenters. The molecule has 0 bridgehead atoms. The van der Waals surface area contributed by atoms with Crippen LogP contribution in [-0.4, -0.2) is 37.1 Å². The smallest absolute Gasteiger partial charge is 0.126 e. The monoisotopic (exact) mass is 246 g/mol. The van der Waals surface area contributed by atoms with E-state index in [1.54, 1.807) is 13.0 Å². The number of nitrogens with one attached hydrogen (secondary N) is 1.